The van der Waals surface area contributed by atoms with Crippen molar-refractivity contribution in [3.63, 3.8) is 0 Å². The Kier molecular flexibility index (Phi) is 2.94. The number of hydrazone groups is 1. The van der Waals surface area contributed by atoms with E-state index >= 15 is 0 Å². The molecule has 4 N–H and O–H groups in total. The summed E-state index contributed by atoms with van der Waals surface area (Å²) >= 11 is 9.12. The van der Waals surface area contributed by atoms with Crippen molar-refractivity contribution in [2.45, 2.75) is 0 Å². The number of nitrogens with zero attached hydrogens (tertiary/aromatic N) is 1. The lowest BCUT2D eigenvalue weighted by molar-refractivity contribution is 1.23. The average molecular weight is 249 g/mol. The van der Waals surface area contributed by atoms with Gasteiger partial charge in [0, 0.05) is 10.0 Å². The molecule has 0 radical (unpaired) electrons. The Balaban J connectivity index is 3.23. The van der Waals surface area contributed by atoms with Gasteiger partial charge in [0.1, 0.15) is 0 Å². The minimum Gasteiger partial charge on any atom is -0.382 e. The van der Waals surface area contributed by atoms with Crippen LogP contribution < -0.4 is 11.6 Å². The van der Waals surface area contributed by atoms with Crippen molar-refractivity contribution < 1.29 is 0 Å². The van der Waals surface area contributed by atoms with Gasteiger partial charge in [0.05, 0.1) is 5.02 Å². The third-order valence-corrected chi connectivity index (χ3v) is 2.17. The molecule has 0 aromatic heterocycles. The van der Waals surface area contributed by atoms with Crippen LogP contribution in [0.15, 0.2) is 27.8 Å². The highest BCUT2D eigenvalue weighted by molar-refractivity contribution is 9.10. The molecule has 0 unspecified atom stereocenters. The van der Waals surface area contributed by atoms with Gasteiger partial charge in [-0.15, -0.1) is 0 Å². The van der Waals surface area contributed by atoms with Crippen LogP contribution in [0.5, 0.6) is 0 Å². The maximum atomic E-state index is 5.83. The Morgan fingerprint density at radius 2 is 2.17 bits per heavy atom. The van der Waals surface area contributed by atoms with Gasteiger partial charge in [0.25, 0.3) is 0 Å². The van der Waals surface area contributed by atoms with Gasteiger partial charge < -0.3 is 11.6 Å². The highest BCUT2D eigenvalue weighted by Crippen LogP contribution is 2.20. The molecule has 1 rings (SSSR count). The monoisotopic (exact) mass is 247 g/mol. The number of amidine groups is 1. The maximum Gasteiger partial charge on any atom is 0.151 e. The molecule has 1 aromatic rings. The van der Waals surface area contributed by atoms with E-state index in [-0.39, 0.29) is 5.84 Å². The molecule has 0 aliphatic heterocycles. The first-order chi connectivity index (χ1) is 5.65. The maximum absolute atomic E-state index is 5.83. The van der Waals surface area contributed by atoms with Gasteiger partial charge in [-0.2, -0.15) is 5.10 Å². The van der Waals surface area contributed by atoms with E-state index in [4.69, 9.17) is 23.2 Å². The predicted octanol–water partition coefficient (Wildman–Crippen LogP) is 1.68. The summed E-state index contributed by atoms with van der Waals surface area (Å²) in [7, 11) is 0. The molecule has 0 atom stereocenters. The third kappa shape index (κ3) is 1.89. The van der Waals surface area contributed by atoms with Crippen LogP contribution in [-0.2, 0) is 0 Å². The molecule has 0 heterocycles. The van der Waals surface area contributed by atoms with Gasteiger partial charge in [-0.05, 0) is 18.2 Å². The van der Waals surface area contributed by atoms with Crippen LogP contribution in [0.1, 0.15) is 5.56 Å². The van der Waals surface area contributed by atoms with Gasteiger partial charge in [0.2, 0.25) is 0 Å². The molecule has 0 aliphatic carbocycles. The predicted molar refractivity (Wildman–Crippen MR) is 54.1 cm³/mol. The smallest absolute Gasteiger partial charge is 0.151 e. The summed E-state index contributed by atoms with van der Waals surface area (Å²) in [4.78, 5) is 0. The molecule has 0 spiro atoms. The van der Waals surface area contributed by atoms with Crippen LogP contribution in [0.3, 0.4) is 0 Å². The number of hydrogen-bond donors (Lipinski definition) is 2. The van der Waals surface area contributed by atoms with Crippen molar-refractivity contribution in [3.05, 3.63) is 33.3 Å². The standard InChI is InChI=1S/C7H7BrClN3/c8-4-1-2-6(9)5(3-4)7(10)12-11/h1-3H,11H2,(H2,10,12). The molecular formula is C7H7BrClN3. The molecule has 0 fully saturated rings. The van der Waals surface area contributed by atoms with E-state index in [1.807, 2.05) is 6.07 Å². The number of benzene rings is 1. The second-order valence-electron chi connectivity index (χ2n) is 2.14. The Morgan fingerprint density at radius 1 is 1.50 bits per heavy atom. The second kappa shape index (κ2) is 3.78. The molecule has 0 aliphatic rings. The number of rotatable bonds is 1. The molecule has 12 heavy (non-hydrogen) atoms. The highest BCUT2D eigenvalue weighted by Gasteiger charge is 2.04. The van der Waals surface area contributed by atoms with Crippen LogP contribution in [0.4, 0.5) is 0 Å². The van der Waals surface area contributed by atoms with Crippen molar-refractivity contribution in [1.82, 2.24) is 0 Å². The lowest BCUT2D eigenvalue weighted by Gasteiger charge is -2.02. The molecule has 1 aromatic carbocycles. The Labute approximate surface area is 83.5 Å². The fourth-order valence-corrected chi connectivity index (χ4v) is 1.34. The SMILES string of the molecule is N/N=C(/N)c1cc(Br)ccc1Cl. The van der Waals surface area contributed by atoms with Crippen molar-refractivity contribution in [3.8, 4) is 0 Å². The van der Waals surface area contributed by atoms with Gasteiger partial charge in [0.15, 0.2) is 5.84 Å². The molecule has 0 bridgehead atoms. The van der Waals surface area contributed by atoms with Crippen LogP contribution in [0.2, 0.25) is 5.02 Å². The van der Waals surface area contributed by atoms with Crippen molar-refractivity contribution in [2.24, 2.45) is 16.7 Å². The Bertz CT molecular complexity index is 324. The molecular weight excluding hydrogens is 241 g/mol. The molecule has 0 amide bonds. The Morgan fingerprint density at radius 3 is 2.75 bits per heavy atom. The van der Waals surface area contributed by atoms with E-state index in [0.717, 1.165) is 4.47 Å². The van der Waals surface area contributed by atoms with E-state index < -0.39 is 0 Å². The normalized spacial score (nSPS) is 11.7. The molecule has 0 saturated carbocycles. The van der Waals surface area contributed by atoms with Crippen LogP contribution in [0, 0.1) is 0 Å². The van der Waals surface area contributed by atoms with Crippen LogP contribution in [-0.4, -0.2) is 5.84 Å². The van der Waals surface area contributed by atoms with E-state index in [1.54, 1.807) is 12.1 Å². The van der Waals surface area contributed by atoms with Gasteiger partial charge >= 0.3 is 0 Å². The van der Waals surface area contributed by atoms with Gasteiger partial charge in [-0.3, -0.25) is 0 Å². The fourth-order valence-electron chi connectivity index (χ4n) is 0.763. The first-order valence-corrected chi connectivity index (χ1v) is 4.31. The summed E-state index contributed by atoms with van der Waals surface area (Å²) in [5.74, 6) is 5.24. The van der Waals surface area contributed by atoms with E-state index in [1.165, 1.54) is 0 Å². The van der Waals surface area contributed by atoms with E-state index in [2.05, 4.69) is 21.0 Å². The van der Waals surface area contributed by atoms with Crippen molar-refractivity contribution >= 4 is 33.4 Å². The lowest BCUT2D eigenvalue weighted by Crippen LogP contribution is -2.15. The molecule has 0 saturated heterocycles. The summed E-state index contributed by atoms with van der Waals surface area (Å²) in [6.07, 6.45) is 0. The second-order valence-corrected chi connectivity index (χ2v) is 3.46. The zero-order valence-electron chi connectivity index (χ0n) is 6.09. The summed E-state index contributed by atoms with van der Waals surface area (Å²) < 4.78 is 0.883. The summed E-state index contributed by atoms with van der Waals surface area (Å²) in [6.45, 7) is 0. The molecule has 3 nitrogen and oxygen atoms in total. The average Bonchev–Trinajstić information content (AvgIpc) is 2.08. The van der Waals surface area contributed by atoms with Crippen molar-refractivity contribution in [2.75, 3.05) is 0 Å². The molecule has 5 heteroatoms. The van der Waals surface area contributed by atoms with Crippen molar-refractivity contribution in [1.29, 1.82) is 0 Å². The number of nitrogens with two attached hydrogens (primary N) is 2. The summed E-state index contributed by atoms with van der Waals surface area (Å²) in [5, 5.41) is 3.88. The van der Waals surface area contributed by atoms with Crippen LogP contribution >= 0.6 is 27.5 Å². The third-order valence-electron chi connectivity index (χ3n) is 1.34. The fraction of sp³-hybridized carbons (Fsp3) is 0. The summed E-state index contributed by atoms with van der Waals surface area (Å²) in [6, 6.07) is 5.29. The zero-order chi connectivity index (χ0) is 9.14. The first-order valence-electron chi connectivity index (χ1n) is 3.14. The number of hydrogen-bond acceptors (Lipinski definition) is 2. The lowest BCUT2D eigenvalue weighted by atomic mass is 10.2. The minimum absolute atomic E-state index is 0.223. The topological polar surface area (TPSA) is 64.4 Å². The van der Waals surface area contributed by atoms with Gasteiger partial charge in [-0.1, -0.05) is 27.5 Å². The van der Waals surface area contributed by atoms with Gasteiger partial charge in [-0.25, -0.2) is 0 Å². The number of halogens is 2. The highest BCUT2D eigenvalue weighted by atomic mass is 79.9. The largest absolute Gasteiger partial charge is 0.382 e. The van der Waals surface area contributed by atoms with E-state index in [9.17, 15) is 0 Å². The molecule has 64 valence electrons. The van der Waals surface area contributed by atoms with E-state index in [0.29, 0.717) is 10.6 Å². The van der Waals surface area contributed by atoms with Crippen LogP contribution in [0.25, 0.3) is 0 Å². The quantitative estimate of drug-likeness (QED) is 0.344. The zero-order valence-corrected chi connectivity index (χ0v) is 8.43. The summed E-state index contributed by atoms with van der Waals surface area (Å²) in [5.41, 5.74) is 6.12. The first kappa shape index (κ1) is 9.35. The minimum atomic E-state index is 0.223. The Hall–Kier alpha value is -0.740.